The molecule has 0 saturated carbocycles. The first kappa shape index (κ1) is 14.9. The van der Waals surface area contributed by atoms with Crippen molar-refractivity contribution >= 4 is 21.7 Å². The molecule has 0 aromatic heterocycles. The third kappa shape index (κ3) is 4.18. The number of rotatable bonds is 6. The van der Waals surface area contributed by atoms with Crippen LogP contribution in [-0.2, 0) is 19.4 Å². The second-order valence-electron chi connectivity index (χ2n) is 3.72. The van der Waals surface area contributed by atoms with Gasteiger partial charge < -0.3 is 10.4 Å². The number of carbonyl (C=O) groups is 2. The predicted octanol–water partition coefficient (Wildman–Crippen LogP) is -0.209. The van der Waals surface area contributed by atoms with Crippen molar-refractivity contribution in [1.29, 1.82) is 0 Å². The maximum Gasteiger partial charge on any atom is 0.329 e. The van der Waals surface area contributed by atoms with Gasteiger partial charge >= 0.3 is 5.97 Å². The molecule has 1 amide bonds. The molecule has 0 spiro atoms. The number of carboxylic acids is 1. The smallest absolute Gasteiger partial charge is 0.329 e. The Morgan fingerprint density at radius 1 is 1.31 bits per heavy atom. The summed E-state index contributed by atoms with van der Waals surface area (Å²) >= 11 is 0. The van der Waals surface area contributed by atoms with Crippen LogP contribution in [0.5, 0.6) is 0 Å². The Bertz CT molecular complexity index is 375. The van der Waals surface area contributed by atoms with Gasteiger partial charge in [-0.1, -0.05) is 13.8 Å². The number of sulfone groups is 1. The van der Waals surface area contributed by atoms with Crippen molar-refractivity contribution in [2.45, 2.75) is 32.7 Å². The van der Waals surface area contributed by atoms with E-state index in [4.69, 9.17) is 5.11 Å². The summed E-state index contributed by atoms with van der Waals surface area (Å²) in [6.45, 7) is 4.37. The van der Waals surface area contributed by atoms with Gasteiger partial charge in [0, 0.05) is 5.75 Å². The Hall–Kier alpha value is -1.11. The third-order valence-electron chi connectivity index (χ3n) is 2.39. The number of amides is 1. The normalized spacial score (nSPS) is 15.2. The standard InChI is InChI=1S/C9H17NO5S/c1-4-9(3,8(12)13)10-7(11)6-16(14,15)5-2/h4-6H2,1-3H3,(H,10,11)(H,12,13). The Kier molecular flexibility index (Phi) is 4.92. The first-order chi connectivity index (χ1) is 7.17. The van der Waals surface area contributed by atoms with Crippen molar-refractivity contribution in [3.63, 3.8) is 0 Å². The van der Waals surface area contributed by atoms with E-state index in [0.29, 0.717) is 0 Å². The molecule has 1 atom stereocenters. The van der Waals surface area contributed by atoms with Crippen LogP contribution in [0.3, 0.4) is 0 Å². The molecule has 0 aliphatic heterocycles. The van der Waals surface area contributed by atoms with E-state index in [1.807, 2.05) is 0 Å². The molecule has 0 fully saturated rings. The highest BCUT2D eigenvalue weighted by atomic mass is 32.2. The van der Waals surface area contributed by atoms with Gasteiger partial charge in [0.25, 0.3) is 0 Å². The molecule has 7 heteroatoms. The molecule has 94 valence electrons. The molecule has 16 heavy (non-hydrogen) atoms. The zero-order chi connectivity index (χ0) is 13.0. The maximum atomic E-state index is 11.3. The lowest BCUT2D eigenvalue weighted by Gasteiger charge is -2.24. The molecule has 0 rings (SSSR count). The second kappa shape index (κ2) is 5.29. The topological polar surface area (TPSA) is 101 Å². The van der Waals surface area contributed by atoms with Crippen molar-refractivity contribution < 1.29 is 23.1 Å². The zero-order valence-electron chi connectivity index (χ0n) is 9.61. The molecule has 0 saturated heterocycles. The monoisotopic (exact) mass is 251 g/mol. The van der Waals surface area contributed by atoms with Crippen molar-refractivity contribution in [2.24, 2.45) is 0 Å². The van der Waals surface area contributed by atoms with Gasteiger partial charge in [-0.05, 0) is 13.3 Å². The van der Waals surface area contributed by atoms with Gasteiger partial charge in [-0.3, -0.25) is 4.79 Å². The van der Waals surface area contributed by atoms with Crippen LogP contribution in [0.4, 0.5) is 0 Å². The van der Waals surface area contributed by atoms with Crippen LogP contribution in [0.15, 0.2) is 0 Å². The van der Waals surface area contributed by atoms with Gasteiger partial charge in [-0.15, -0.1) is 0 Å². The van der Waals surface area contributed by atoms with Crippen molar-refractivity contribution in [1.82, 2.24) is 5.32 Å². The summed E-state index contributed by atoms with van der Waals surface area (Å²) in [4.78, 5) is 22.2. The largest absolute Gasteiger partial charge is 0.480 e. The molecule has 0 radical (unpaired) electrons. The van der Waals surface area contributed by atoms with E-state index >= 15 is 0 Å². The lowest BCUT2D eigenvalue weighted by atomic mass is 9.99. The average molecular weight is 251 g/mol. The van der Waals surface area contributed by atoms with Crippen LogP contribution in [0, 0.1) is 0 Å². The number of carbonyl (C=O) groups excluding carboxylic acids is 1. The maximum absolute atomic E-state index is 11.3. The van der Waals surface area contributed by atoms with Gasteiger partial charge in [0.05, 0.1) is 0 Å². The number of carboxylic acid groups (broad SMARTS) is 1. The summed E-state index contributed by atoms with van der Waals surface area (Å²) in [5, 5.41) is 11.1. The molecule has 6 nitrogen and oxygen atoms in total. The number of aliphatic carboxylic acids is 1. The number of hydrogen-bond donors (Lipinski definition) is 2. The summed E-state index contributed by atoms with van der Waals surface area (Å²) in [6, 6.07) is 0. The molecule has 0 heterocycles. The van der Waals surface area contributed by atoms with E-state index in [2.05, 4.69) is 5.32 Å². The molecular formula is C9H17NO5S. The highest BCUT2D eigenvalue weighted by Crippen LogP contribution is 2.09. The summed E-state index contributed by atoms with van der Waals surface area (Å²) in [6.07, 6.45) is 0.181. The quantitative estimate of drug-likeness (QED) is 0.680. The van der Waals surface area contributed by atoms with E-state index in [1.54, 1.807) is 6.92 Å². The molecule has 0 aliphatic rings. The van der Waals surface area contributed by atoms with Crippen molar-refractivity contribution in [2.75, 3.05) is 11.5 Å². The fraction of sp³-hybridized carbons (Fsp3) is 0.778. The fourth-order valence-corrected chi connectivity index (χ4v) is 1.61. The SMILES string of the molecule is CCC(C)(NC(=O)CS(=O)(=O)CC)C(=O)O. The van der Waals surface area contributed by atoms with Gasteiger partial charge in [0.2, 0.25) is 5.91 Å². The molecule has 2 N–H and O–H groups in total. The summed E-state index contributed by atoms with van der Waals surface area (Å²) in [7, 11) is -3.43. The first-order valence-corrected chi connectivity index (χ1v) is 6.74. The molecule has 0 aromatic rings. The Labute approximate surface area is 95.0 Å². The van der Waals surface area contributed by atoms with Gasteiger partial charge in [0.1, 0.15) is 11.3 Å². The van der Waals surface area contributed by atoms with E-state index in [1.165, 1.54) is 13.8 Å². The van der Waals surface area contributed by atoms with Gasteiger partial charge in [-0.25, -0.2) is 13.2 Å². The summed E-state index contributed by atoms with van der Waals surface area (Å²) in [5.41, 5.74) is -1.42. The molecule has 0 aliphatic carbocycles. The number of hydrogen-bond acceptors (Lipinski definition) is 4. The van der Waals surface area contributed by atoms with Crippen LogP contribution in [0.2, 0.25) is 0 Å². The predicted molar refractivity (Wildman–Crippen MR) is 58.8 cm³/mol. The minimum atomic E-state index is -3.43. The minimum absolute atomic E-state index is 0.143. The summed E-state index contributed by atoms with van der Waals surface area (Å²) in [5.74, 6) is -2.78. The van der Waals surface area contributed by atoms with Crippen molar-refractivity contribution in [3.05, 3.63) is 0 Å². The molecule has 1 unspecified atom stereocenters. The van der Waals surface area contributed by atoms with Gasteiger partial charge in [0.15, 0.2) is 9.84 Å². The molecular weight excluding hydrogens is 234 g/mol. The van der Waals surface area contributed by atoms with E-state index in [0.717, 1.165) is 0 Å². The van der Waals surface area contributed by atoms with E-state index in [-0.39, 0.29) is 12.2 Å². The fourth-order valence-electron chi connectivity index (χ4n) is 0.939. The highest BCUT2D eigenvalue weighted by molar-refractivity contribution is 7.92. The van der Waals surface area contributed by atoms with Crippen LogP contribution in [-0.4, -0.2) is 42.4 Å². The Morgan fingerprint density at radius 3 is 2.12 bits per heavy atom. The number of nitrogens with one attached hydrogen (secondary N) is 1. The van der Waals surface area contributed by atoms with Crippen LogP contribution < -0.4 is 5.32 Å². The first-order valence-electron chi connectivity index (χ1n) is 4.91. The van der Waals surface area contributed by atoms with Crippen molar-refractivity contribution in [3.8, 4) is 0 Å². The van der Waals surface area contributed by atoms with Crippen LogP contribution >= 0.6 is 0 Å². The Balaban J connectivity index is 4.63. The molecule has 0 aromatic carbocycles. The second-order valence-corrected chi connectivity index (χ2v) is 6.07. The Morgan fingerprint density at radius 2 is 1.81 bits per heavy atom. The minimum Gasteiger partial charge on any atom is -0.480 e. The lowest BCUT2D eigenvalue weighted by Crippen LogP contribution is -2.53. The third-order valence-corrected chi connectivity index (χ3v) is 3.97. The van der Waals surface area contributed by atoms with E-state index in [9.17, 15) is 18.0 Å². The average Bonchev–Trinajstić information content (AvgIpc) is 2.16. The summed E-state index contributed by atoms with van der Waals surface area (Å²) < 4.78 is 22.3. The lowest BCUT2D eigenvalue weighted by molar-refractivity contribution is -0.146. The van der Waals surface area contributed by atoms with Crippen LogP contribution in [0.25, 0.3) is 0 Å². The van der Waals surface area contributed by atoms with Crippen LogP contribution in [0.1, 0.15) is 27.2 Å². The zero-order valence-corrected chi connectivity index (χ0v) is 10.4. The highest BCUT2D eigenvalue weighted by Gasteiger charge is 2.33. The van der Waals surface area contributed by atoms with E-state index < -0.39 is 33.0 Å². The molecule has 0 bridgehead atoms. The van der Waals surface area contributed by atoms with Gasteiger partial charge in [-0.2, -0.15) is 0 Å².